The molecule has 1 aromatic rings. The van der Waals surface area contributed by atoms with Crippen molar-refractivity contribution in [3.63, 3.8) is 0 Å². The van der Waals surface area contributed by atoms with Crippen molar-refractivity contribution in [1.82, 2.24) is 4.98 Å². The molecule has 0 bridgehead atoms. The number of hydrogen-bond acceptors (Lipinski definition) is 6. The molecule has 0 atom stereocenters. The van der Waals surface area contributed by atoms with E-state index in [2.05, 4.69) is 10.3 Å². The van der Waals surface area contributed by atoms with Crippen LogP contribution in [0.25, 0.3) is 0 Å². The zero-order chi connectivity index (χ0) is 18.7. The fraction of sp³-hybridized carbons (Fsp3) is 0.588. The van der Waals surface area contributed by atoms with Gasteiger partial charge in [0.1, 0.15) is 16.4 Å². The minimum absolute atomic E-state index is 0.143. The third kappa shape index (κ3) is 5.70. The number of carbonyl (C=O) groups excluding carboxylic acids is 2. The molecule has 0 aliphatic carbocycles. The number of carbonyl (C=O) groups is 2. The highest BCUT2D eigenvalue weighted by molar-refractivity contribution is 8.01. The first-order valence-corrected chi connectivity index (χ1v) is 8.62. The fourth-order valence-electron chi connectivity index (χ4n) is 1.59. The Kier molecular flexibility index (Phi) is 6.27. The van der Waals surface area contributed by atoms with Gasteiger partial charge in [0.25, 0.3) is 0 Å². The van der Waals surface area contributed by atoms with E-state index in [1.165, 1.54) is 11.8 Å². The summed E-state index contributed by atoms with van der Waals surface area (Å²) in [5.74, 6) is 0.194. The van der Waals surface area contributed by atoms with Crippen molar-refractivity contribution in [2.45, 2.75) is 64.2 Å². The largest absolute Gasteiger partial charge is 0.462 e. The van der Waals surface area contributed by atoms with E-state index in [9.17, 15) is 9.59 Å². The quantitative estimate of drug-likeness (QED) is 0.622. The number of pyridine rings is 1. The van der Waals surface area contributed by atoms with Gasteiger partial charge in [-0.3, -0.25) is 9.59 Å². The number of aromatic nitrogens is 1. The average molecular weight is 353 g/mol. The summed E-state index contributed by atoms with van der Waals surface area (Å²) >= 11 is 1.28. The average Bonchev–Trinajstić information content (AvgIpc) is 2.39. The van der Waals surface area contributed by atoms with Crippen LogP contribution < -0.4 is 11.1 Å². The summed E-state index contributed by atoms with van der Waals surface area (Å²) in [7, 11) is 0. The van der Waals surface area contributed by atoms with Gasteiger partial charge in [0, 0.05) is 5.41 Å². The van der Waals surface area contributed by atoms with Crippen molar-refractivity contribution in [3.8, 4) is 0 Å². The molecular formula is C17H27N3O3S. The molecule has 6 nitrogen and oxygen atoms in total. The summed E-state index contributed by atoms with van der Waals surface area (Å²) in [4.78, 5) is 29.0. The Labute approximate surface area is 147 Å². The standard InChI is InChI=1S/C17H27N3O3S/c1-10(2)23-15(22)17(6,7)24-11-8-9-12(19-13(11)18)20-14(21)16(3,4)5/h8-10H,1-7H3,(H3,18,19,20,21). The first kappa shape index (κ1) is 20.3. The highest BCUT2D eigenvalue weighted by Gasteiger charge is 2.32. The van der Waals surface area contributed by atoms with Crippen LogP contribution in [0.4, 0.5) is 11.6 Å². The number of hydrogen-bond donors (Lipinski definition) is 2. The molecule has 7 heteroatoms. The lowest BCUT2D eigenvalue weighted by Gasteiger charge is -2.24. The Morgan fingerprint density at radius 3 is 2.25 bits per heavy atom. The predicted molar refractivity (Wildman–Crippen MR) is 97.9 cm³/mol. The van der Waals surface area contributed by atoms with Crippen LogP contribution in [0.15, 0.2) is 17.0 Å². The van der Waals surface area contributed by atoms with Crippen LogP contribution in [0.2, 0.25) is 0 Å². The topological polar surface area (TPSA) is 94.3 Å². The molecule has 0 spiro atoms. The predicted octanol–water partition coefficient (Wildman–Crippen LogP) is 3.47. The number of nitrogens with zero attached hydrogens (tertiary/aromatic N) is 1. The molecule has 0 saturated carbocycles. The molecule has 1 heterocycles. The highest BCUT2D eigenvalue weighted by atomic mass is 32.2. The first-order valence-electron chi connectivity index (χ1n) is 7.81. The third-order valence-electron chi connectivity index (χ3n) is 3.01. The van der Waals surface area contributed by atoms with Crippen LogP contribution in [-0.4, -0.2) is 27.7 Å². The molecule has 1 aromatic heterocycles. The van der Waals surface area contributed by atoms with Crippen LogP contribution in [0.3, 0.4) is 0 Å². The molecule has 0 saturated heterocycles. The van der Waals surface area contributed by atoms with E-state index in [1.54, 1.807) is 39.8 Å². The molecule has 24 heavy (non-hydrogen) atoms. The van der Waals surface area contributed by atoms with Crippen molar-refractivity contribution < 1.29 is 14.3 Å². The van der Waals surface area contributed by atoms with Gasteiger partial charge in [-0.25, -0.2) is 4.98 Å². The summed E-state index contributed by atoms with van der Waals surface area (Å²) in [6.07, 6.45) is -0.178. The van der Waals surface area contributed by atoms with E-state index in [0.29, 0.717) is 10.7 Å². The third-order valence-corrected chi connectivity index (χ3v) is 4.25. The van der Waals surface area contributed by atoms with Crippen LogP contribution >= 0.6 is 11.8 Å². The zero-order valence-electron chi connectivity index (χ0n) is 15.4. The number of nitrogens with one attached hydrogen (secondary N) is 1. The van der Waals surface area contributed by atoms with Crippen molar-refractivity contribution in [2.75, 3.05) is 11.1 Å². The number of anilines is 2. The summed E-state index contributed by atoms with van der Waals surface area (Å²) < 4.78 is 4.47. The minimum atomic E-state index is -0.795. The second kappa shape index (κ2) is 7.42. The number of esters is 1. The maximum absolute atomic E-state index is 12.2. The molecular weight excluding hydrogens is 326 g/mol. The van der Waals surface area contributed by atoms with Gasteiger partial charge in [0.05, 0.1) is 11.0 Å². The Hall–Kier alpha value is -1.76. The van der Waals surface area contributed by atoms with Gasteiger partial charge in [-0.1, -0.05) is 20.8 Å². The Morgan fingerprint density at radius 1 is 1.21 bits per heavy atom. The Bertz CT molecular complexity index is 622. The second-order valence-electron chi connectivity index (χ2n) is 7.35. The molecule has 0 unspecified atom stereocenters. The number of thioether (sulfide) groups is 1. The monoisotopic (exact) mass is 353 g/mol. The van der Waals surface area contributed by atoms with Gasteiger partial charge in [-0.15, -0.1) is 11.8 Å². The van der Waals surface area contributed by atoms with Gasteiger partial charge in [-0.05, 0) is 39.8 Å². The van der Waals surface area contributed by atoms with E-state index >= 15 is 0 Å². The summed E-state index contributed by atoms with van der Waals surface area (Å²) in [6.45, 7) is 12.6. The molecule has 0 fully saturated rings. The van der Waals surface area contributed by atoms with Crippen LogP contribution in [0.5, 0.6) is 0 Å². The second-order valence-corrected chi connectivity index (χ2v) is 9.01. The fourth-order valence-corrected chi connectivity index (χ4v) is 2.56. The Morgan fingerprint density at radius 2 is 1.79 bits per heavy atom. The minimum Gasteiger partial charge on any atom is -0.462 e. The molecule has 134 valence electrons. The van der Waals surface area contributed by atoms with Gasteiger partial charge < -0.3 is 15.8 Å². The Balaban J connectivity index is 2.89. The van der Waals surface area contributed by atoms with Gasteiger partial charge in [-0.2, -0.15) is 0 Å². The van der Waals surface area contributed by atoms with E-state index in [1.807, 2.05) is 20.8 Å². The lowest BCUT2D eigenvalue weighted by atomic mass is 9.96. The van der Waals surface area contributed by atoms with E-state index in [-0.39, 0.29) is 23.8 Å². The zero-order valence-corrected chi connectivity index (χ0v) is 16.2. The maximum atomic E-state index is 12.2. The van der Waals surface area contributed by atoms with Crippen molar-refractivity contribution in [1.29, 1.82) is 0 Å². The van der Waals surface area contributed by atoms with Gasteiger partial charge >= 0.3 is 5.97 Å². The number of ether oxygens (including phenoxy) is 1. The van der Waals surface area contributed by atoms with Crippen LogP contribution in [0, 0.1) is 5.41 Å². The molecule has 3 N–H and O–H groups in total. The molecule has 0 aliphatic heterocycles. The van der Waals surface area contributed by atoms with Crippen LogP contribution in [0.1, 0.15) is 48.5 Å². The van der Waals surface area contributed by atoms with Gasteiger partial charge in [0.2, 0.25) is 5.91 Å². The summed E-state index contributed by atoms with van der Waals surface area (Å²) in [5.41, 5.74) is 5.46. The lowest BCUT2D eigenvalue weighted by Crippen LogP contribution is -2.32. The molecule has 0 radical (unpaired) electrons. The van der Waals surface area contributed by atoms with Crippen molar-refractivity contribution in [3.05, 3.63) is 12.1 Å². The molecule has 1 amide bonds. The summed E-state index contributed by atoms with van der Waals surface area (Å²) in [5, 5.41) is 2.73. The molecule has 0 aromatic carbocycles. The molecule has 1 rings (SSSR count). The van der Waals surface area contributed by atoms with Gasteiger partial charge in [0.15, 0.2) is 0 Å². The molecule has 0 aliphatic rings. The maximum Gasteiger partial charge on any atom is 0.322 e. The normalized spacial score (nSPS) is 12.2. The van der Waals surface area contributed by atoms with E-state index in [0.717, 1.165) is 0 Å². The lowest BCUT2D eigenvalue weighted by molar-refractivity contribution is -0.149. The van der Waals surface area contributed by atoms with Crippen molar-refractivity contribution in [2.24, 2.45) is 5.41 Å². The number of rotatable bonds is 5. The smallest absolute Gasteiger partial charge is 0.322 e. The van der Waals surface area contributed by atoms with E-state index in [4.69, 9.17) is 10.5 Å². The SMILES string of the molecule is CC(C)OC(=O)C(C)(C)Sc1ccc(NC(=O)C(C)(C)C)nc1N. The number of nitrogens with two attached hydrogens (primary N) is 1. The summed E-state index contributed by atoms with van der Waals surface area (Å²) in [6, 6.07) is 3.42. The van der Waals surface area contributed by atoms with Crippen LogP contribution in [-0.2, 0) is 14.3 Å². The number of nitrogen functional groups attached to an aromatic ring is 1. The highest BCUT2D eigenvalue weighted by Crippen LogP contribution is 2.37. The number of amides is 1. The first-order chi connectivity index (χ1) is 10.8. The van der Waals surface area contributed by atoms with E-state index < -0.39 is 10.2 Å². The van der Waals surface area contributed by atoms with Crippen molar-refractivity contribution >= 4 is 35.3 Å².